The molecule has 1 fully saturated rings. The molecule has 0 saturated heterocycles. The van der Waals surface area contributed by atoms with Crippen molar-refractivity contribution in [2.75, 3.05) is 20.6 Å². The molecule has 0 unspecified atom stereocenters. The van der Waals surface area contributed by atoms with E-state index in [4.69, 9.17) is 0 Å². The molecule has 0 aromatic heterocycles. The molecule has 0 heterocycles. The van der Waals surface area contributed by atoms with Crippen molar-refractivity contribution < 1.29 is 4.79 Å². The van der Waals surface area contributed by atoms with Gasteiger partial charge in [0.15, 0.2) is 0 Å². The lowest BCUT2D eigenvalue weighted by molar-refractivity contribution is -0.132. The second kappa shape index (κ2) is 6.89. The first-order valence-corrected chi connectivity index (χ1v) is 6.59. The van der Waals surface area contributed by atoms with Crippen LogP contribution in [0.25, 0.3) is 0 Å². The molecule has 0 spiro atoms. The molecule has 16 heavy (non-hydrogen) atoms. The van der Waals surface area contributed by atoms with E-state index in [1.807, 2.05) is 19.0 Å². The van der Waals surface area contributed by atoms with Crippen molar-refractivity contribution in [2.24, 2.45) is 5.92 Å². The van der Waals surface area contributed by atoms with Crippen molar-refractivity contribution in [3.63, 3.8) is 0 Å². The van der Waals surface area contributed by atoms with Crippen LogP contribution in [0.3, 0.4) is 0 Å². The van der Waals surface area contributed by atoms with Crippen LogP contribution < -0.4 is 5.32 Å². The average Bonchev–Trinajstić information content (AvgIpc) is 2.35. The zero-order valence-corrected chi connectivity index (χ0v) is 11.0. The number of hydrogen-bond donors (Lipinski definition) is 1. The van der Waals surface area contributed by atoms with Crippen molar-refractivity contribution >= 4 is 5.91 Å². The number of amides is 1. The van der Waals surface area contributed by atoms with Gasteiger partial charge in [-0.25, -0.2) is 0 Å². The highest BCUT2D eigenvalue weighted by molar-refractivity contribution is 5.76. The summed E-state index contributed by atoms with van der Waals surface area (Å²) in [5, 5.41) is 3.03. The fourth-order valence-corrected chi connectivity index (χ4v) is 2.55. The number of carbonyl (C=O) groups is 1. The number of rotatable bonds is 5. The van der Waals surface area contributed by atoms with E-state index in [0.29, 0.717) is 12.5 Å². The van der Waals surface area contributed by atoms with Crippen molar-refractivity contribution in [1.82, 2.24) is 10.2 Å². The molecule has 1 aliphatic rings. The van der Waals surface area contributed by atoms with Gasteiger partial charge in [-0.1, -0.05) is 13.3 Å². The van der Waals surface area contributed by atoms with Crippen LogP contribution in [-0.4, -0.2) is 37.5 Å². The van der Waals surface area contributed by atoms with Crippen LogP contribution in [0.15, 0.2) is 0 Å². The first kappa shape index (κ1) is 13.5. The highest BCUT2D eigenvalue weighted by atomic mass is 16.2. The Morgan fingerprint density at radius 1 is 1.31 bits per heavy atom. The Morgan fingerprint density at radius 3 is 2.44 bits per heavy atom. The summed E-state index contributed by atoms with van der Waals surface area (Å²) < 4.78 is 0. The van der Waals surface area contributed by atoms with Crippen molar-refractivity contribution in [1.29, 1.82) is 0 Å². The Kier molecular flexibility index (Phi) is 5.81. The third kappa shape index (κ3) is 3.78. The van der Waals surface area contributed by atoms with Crippen molar-refractivity contribution in [3.8, 4) is 0 Å². The van der Waals surface area contributed by atoms with E-state index in [-0.39, 0.29) is 5.91 Å². The lowest BCUT2D eigenvalue weighted by Gasteiger charge is -2.34. The highest BCUT2D eigenvalue weighted by Crippen LogP contribution is 2.29. The smallest absolute Gasteiger partial charge is 0.223 e. The molecule has 0 aliphatic heterocycles. The van der Waals surface area contributed by atoms with Crippen LogP contribution in [0.5, 0.6) is 0 Å². The zero-order valence-electron chi connectivity index (χ0n) is 11.0. The fraction of sp³-hybridized carbons (Fsp3) is 0.923. The summed E-state index contributed by atoms with van der Waals surface area (Å²) in [6, 6.07) is 0.493. The Balaban J connectivity index is 2.32. The van der Waals surface area contributed by atoms with Gasteiger partial charge in [-0.15, -0.1) is 0 Å². The molecular formula is C13H26N2O. The quantitative estimate of drug-likeness (QED) is 0.778. The lowest BCUT2D eigenvalue weighted by Crippen LogP contribution is -2.40. The van der Waals surface area contributed by atoms with E-state index in [2.05, 4.69) is 12.2 Å². The molecular weight excluding hydrogens is 200 g/mol. The second-order valence-corrected chi connectivity index (χ2v) is 4.94. The molecule has 0 bridgehead atoms. The van der Waals surface area contributed by atoms with Crippen molar-refractivity contribution in [2.45, 2.75) is 51.5 Å². The third-order valence-corrected chi connectivity index (χ3v) is 3.92. The number of nitrogens with zero attached hydrogens (tertiary/aromatic N) is 1. The van der Waals surface area contributed by atoms with Gasteiger partial charge >= 0.3 is 0 Å². The molecule has 1 amide bonds. The third-order valence-electron chi connectivity index (χ3n) is 3.92. The Hall–Kier alpha value is -0.570. The number of carbonyl (C=O) groups excluding carboxylic acids is 1. The van der Waals surface area contributed by atoms with E-state index in [1.54, 1.807) is 0 Å². The molecule has 0 radical (unpaired) electrons. The van der Waals surface area contributed by atoms with Gasteiger partial charge in [0.1, 0.15) is 0 Å². The summed E-state index contributed by atoms with van der Waals surface area (Å²) in [6.07, 6.45) is 6.90. The zero-order chi connectivity index (χ0) is 12.0. The van der Waals surface area contributed by atoms with Crippen LogP contribution >= 0.6 is 0 Å². The number of hydrogen-bond acceptors (Lipinski definition) is 2. The number of nitrogens with one attached hydrogen (secondary N) is 1. The monoisotopic (exact) mass is 226 g/mol. The van der Waals surface area contributed by atoms with E-state index in [0.717, 1.165) is 12.5 Å². The van der Waals surface area contributed by atoms with Gasteiger partial charge < -0.3 is 10.2 Å². The van der Waals surface area contributed by atoms with E-state index < -0.39 is 0 Å². The van der Waals surface area contributed by atoms with E-state index in [9.17, 15) is 4.79 Å². The van der Waals surface area contributed by atoms with Crippen LogP contribution in [0.2, 0.25) is 0 Å². The second-order valence-electron chi connectivity index (χ2n) is 4.94. The van der Waals surface area contributed by atoms with Crippen LogP contribution in [0, 0.1) is 5.92 Å². The van der Waals surface area contributed by atoms with Crippen LogP contribution in [0.4, 0.5) is 0 Å². The molecule has 1 N–H and O–H groups in total. The molecule has 1 aliphatic carbocycles. The van der Waals surface area contributed by atoms with Gasteiger partial charge in [0.25, 0.3) is 0 Å². The van der Waals surface area contributed by atoms with Crippen LogP contribution in [-0.2, 0) is 4.79 Å². The van der Waals surface area contributed by atoms with Gasteiger partial charge in [-0.05, 0) is 38.6 Å². The Labute approximate surface area is 99.6 Å². The topological polar surface area (TPSA) is 32.3 Å². The minimum absolute atomic E-state index is 0.286. The molecule has 3 heteroatoms. The molecule has 94 valence electrons. The average molecular weight is 226 g/mol. The molecule has 0 aromatic rings. The molecule has 1 saturated carbocycles. The maximum absolute atomic E-state index is 11.8. The minimum atomic E-state index is 0.286. The maximum Gasteiger partial charge on any atom is 0.223 e. The SMILES string of the molecule is CCC1CCC(N(C)C(=O)CCNC)CC1. The largest absolute Gasteiger partial charge is 0.343 e. The molecule has 0 aromatic carbocycles. The summed E-state index contributed by atoms with van der Waals surface area (Å²) in [6.45, 7) is 3.06. The minimum Gasteiger partial charge on any atom is -0.343 e. The van der Waals surface area contributed by atoms with E-state index >= 15 is 0 Å². The summed E-state index contributed by atoms with van der Waals surface area (Å²) in [7, 11) is 3.86. The lowest BCUT2D eigenvalue weighted by atomic mass is 9.84. The molecule has 3 nitrogen and oxygen atoms in total. The Bertz CT molecular complexity index is 210. The standard InChI is InChI=1S/C13H26N2O/c1-4-11-5-7-12(8-6-11)15(3)13(16)9-10-14-2/h11-12,14H,4-10H2,1-3H3. The summed E-state index contributed by atoms with van der Waals surface area (Å²) in [4.78, 5) is 13.8. The molecule has 1 rings (SSSR count). The van der Waals surface area contributed by atoms with Crippen molar-refractivity contribution in [3.05, 3.63) is 0 Å². The predicted octanol–water partition coefficient (Wildman–Crippen LogP) is 2.02. The van der Waals surface area contributed by atoms with Gasteiger partial charge in [-0.2, -0.15) is 0 Å². The summed E-state index contributed by atoms with van der Waals surface area (Å²) >= 11 is 0. The van der Waals surface area contributed by atoms with Gasteiger partial charge in [0.2, 0.25) is 5.91 Å². The molecule has 0 atom stereocenters. The highest BCUT2D eigenvalue weighted by Gasteiger charge is 2.25. The summed E-state index contributed by atoms with van der Waals surface area (Å²) in [5.41, 5.74) is 0. The first-order chi connectivity index (χ1) is 7.69. The first-order valence-electron chi connectivity index (χ1n) is 6.59. The van der Waals surface area contributed by atoms with Gasteiger partial charge in [0, 0.05) is 26.1 Å². The fourth-order valence-electron chi connectivity index (χ4n) is 2.55. The maximum atomic E-state index is 11.8. The Morgan fingerprint density at radius 2 is 1.94 bits per heavy atom. The normalized spacial score (nSPS) is 25.4. The predicted molar refractivity (Wildman–Crippen MR) is 67.4 cm³/mol. The van der Waals surface area contributed by atoms with Gasteiger partial charge in [-0.3, -0.25) is 4.79 Å². The van der Waals surface area contributed by atoms with Crippen LogP contribution in [0.1, 0.15) is 45.4 Å². The summed E-state index contributed by atoms with van der Waals surface area (Å²) in [5.74, 6) is 1.19. The van der Waals surface area contributed by atoms with E-state index in [1.165, 1.54) is 32.1 Å². The van der Waals surface area contributed by atoms with Gasteiger partial charge in [0.05, 0.1) is 0 Å².